The predicted molar refractivity (Wildman–Crippen MR) is 79.7 cm³/mol. The molecule has 0 bridgehead atoms. The number of rotatable bonds is 3. The van der Waals surface area contributed by atoms with Crippen molar-refractivity contribution in [2.24, 2.45) is 10.5 Å². The predicted octanol–water partition coefficient (Wildman–Crippen LogP) is 3.97. The maximum Gasteiger partial charge on any atom is 0.416 e. The lowest BCUT2D eigenvalue weighted by molar-refractivity contribution is -0.138. The highest BCUT2D eigenvalue weighted by atomic mass is 19.4. The van der Waals surface area contributed by atoms with Gasteiger partial charge in [-0.05, 0) is 29.9 Å². The van der Waals surface area contributed by atoms with E-state index in [1.54, 1.807) is 12.1 Å². The fraction of sp³-hybridized carbons (Fsp3) is 0.562. The second-order valence-corrected chi connectivity index (χ2v) is 6.64. The van der Waals surface area contributed by atoms with E-state index in [4.69, 9.17) is 4.74 Å². The second-order valence-electron chi connectivity index (χ2n) is 6.64. The van der Waals surface area contributed by atoms with Gasteiger partial charge in [-0.15, -0.1) is 0 Å². The first-order valence-corrected chi connectivity index (χ1v) is 7.24. The monoisotopic (exact) mass is 314 g/mol. The summed E-state index contributed by atoms with van der Waals surface area (Å²) in [5.41, 5.74) is 3.31. The molecule has 0 saturated carbocycles. The van der Waals surface area contributed by atoms with E-state index in [0.29, 0.717) is 29.7 Å². The number of hydrogen-bond acceptors (Lipinski definition) is 3. The van der Waals surface area contributed by atoms with Crippen LogP contribution in [0.25, 0.3) is 0 Å². The van der Waals surface area contributed by atoms with Crippen molar-refractivity contribution >= 4 is 5.71 Å². The van der Waals surface area contributed by atoms with Gasteiger partial charge in [0, 0.05) is 5.56 Å². The van der Waals surface area contributed by atoms with Crippen molar-refractivity contribution in [3.63, 3.8) is 0 Å². The standard InChI is InChI=1S/C16H21F3N2O/c1-15(2,3)7-6-11-4-5-12(8-13(11)16(17,18)19)14-9-22-10-20-21-14/h4-5,8,20H,6-7,9-10H2,1-3H3. The van der Waals surface area contributed by atoms with E-state index < -0.39 is 11.7 Å². The molecule has 0 spiro atoms. The number of ether oxygens (including phenoxy) is 1. The molecule has 3 nitrogen and oxygen atoms in total. The molecule has 0 fully saturated rings. The number of aryl methyl sites for hydroxylation is 1. The average Bonchev–Trinajstić information content (AvgIpc) is 2.44. The maximum atomic E-state index is 13.3. The van der Waals surface area contributed by atoms with Crippen LogP contribution in [0.1, 0.15) is 43.9 Å². The molecule has 0 saturated heterocycles. The van der Waals surface area contributed by atoms with Crippen LogP contribution >= 0.6 is 0 Å². The highest BCUT2D eigenvalue weighted by Crippen LogP contribution is 2.34. The van der Waals surface area contributed by atoms with Gasteiger partial charge in [0.25, 0.3) is 0 Å². The average molecular weight is 314 g/mol. The number of hydrogen-bond donors (Lipinski definition) is 1. The Labute approximate surface area is 128 Å². The fourth-order valence-electron chi connectivity index (χ4n) is 2.25. The Morgan fingerprint density at radius 2 is 1.95 bits per heavy atom. The highest BCUT2D eigenvalue weighted by Gasteiger charge is 2.34. The Balaban J connectivity index is 2.32. The van der Waals surface area contributed by atoms with Gasteiger partial charge in [-0.25, -0.2) is 0 Å². The third kappa shape index (κ3) is 4.47. The summed E-state index contributed by atoms with van der Waals surface area (Å²) in [7, 11) is 0. The van der Waals surface area contributed by atoms with Gasteiger partial charge < -0.3 is 4.74 Å². The van der Waals surface area contributed by atoms with Gasteiger partial charge in [0.05, 0.1) is 17.9 Å². The largest absolute Gasteiger partial charge is 0.416 e. The number of alkyl halides is 3. The Morgan fingerprint density at radius 3 is 2.50 bits per heavy atom. The summed E-state index contributed by atoms with van der Waals surface area (Å²) in [5.74, 6) is 0. The summed E-state index contributed by atoms with van der Waals surface area (Å²) in [6, 6.07) is 4.41. The molecule has 22 heavy (non-hydrogen) atoms. The van der Waals surface area contributed by atoms with Gasteiger partial charge in [-0.2, -0.15) is 18.3 Å². The van der Waals surface area contributed by atoms with Crippen LogP contribution in [0, 0.1) is 5.41 Å². The van der Waals surface area contributed by atoms with E-state index >= 15 is 0 Å². The van der Waals surface area contributed by atoms with Gasteiger partial charge in [-0.3, -0.25) is 5.43 Å². The van der Waals surface area contributed by atoms with Crippen molar-refractivity contribution in [3.05, 3.63) is 34.9 Å². The quantitative estimate of drug-likeness (QED) is 0.916. The van der Waals surface area contributed by atoms with Crippen LogP contribution < -0.4 is 5.43 Å². The number of hydrazone groups is 1. The zero-order valence-electron chi connectivity index (χ0n) is 13.0. The molecule has 1 heterocycles. The van der Waals surface area contributed by atoms with E-state index in [-0.39, 0.29) is 18.8 Å². The van der Waals surface area contributed by atoms with Gasteiger partial charge in [0.1, 0.15) is 6.73 Å². The third-order valence-electron chi connectivity index (χ3n) is 3.51. The van der Waals surface area contributed by atoms with E-state index in [9.17, 15) is 13.2 Å². The second kappa shape index (κ2) is 6.28. The summed E-state index contributed by atoms with van der Waals surface area (Å²) < 4.78 is 45.1. The fourth-order valence-corrected chi connectivity index (χ4v) is 2.25. The van der Waals surface area contributed by atoms with Crippen molar-refractivity contribution in [1.82, 2.24) is 5.43 Å². The summed E-state index contributed by atoms with van der Waals surface area (Å²) in [4.78, 5) is 0. The van der Waals surface area contributed by atoms with Crippen LogP contribution in [0.3, 0.4) is 0 Å². The van der Waals surface area contributed by atoms with Crippen LogP contribution in [0.15, 0.2) is 23.3 Å². The van der Waals surface area contributed by atoms with Gasteiger partial charge in [0.15, 0.2) is 0 Å². The topological polar surface area (TPSA) is 33.6 Å². The summed E-state index contributed by atoms with van der Waals surface area (Å²) >= 11 is 0. The molecule has 2 rings (SSSR count). The zero-order chi connectivity index (χ0) is 16.4. The van der Waals surface area contributed by atoms with E-state index in [2.05, 4.69) is 10.5 Å². The van der Waals surface area contributed by atoms with Gasteiger partial charge in [-0.1, -0.05) is 32.9 Å². The molecule has 0 unspecified atom stereocenters. The molecule has 0 aliphatic carbocycles. The molecule has 1 aromatic carbocycles. The SMILES string of the molecule is CC(C)(C)CCc1ccc(C2=NNCOC2)cc1C(F)(F)F. The molecule has 1 N–H and O–H groups in total. The first-order chi connectivity index (χ1) is 10.2. The summed E-state index contributed by atoms with van der Waals surface area (Å²) in [5, 5.41) is 4.01. The molecule has 6 heteroatoms. The smallest absolute Gasteiger partial charge is 0.353 e. The lowest BCUT2D eigenvalue weighted by atomic mass is 9.87. The molecule has 1 aliphatic heterocycles. The third-order valence-corrected chi connectivity index (χ3v) is 3.51. The normalized spacial score (nSPS) is 16.2. The minimum Gasteiger partial charge on any atom is -0.353 e. The molecule has 0 atom stereocenters. The van der Waals surface area contributed by atoms with Crippen LogP contribution in [0.5, 0.6) is 0 Å². The minimum absolute atomic E-state index is 0.00719. The zero-order valence-corrected chi connectivity index (χ0v) is 13.0. The maximum absolute atomic E-state index is 13.3. The van der Waals surface area contributed by atoms with Crippen molar-refractivity contribution in [1.29, 1.82) is 0 Å². The molecule has 0 amide bonds. The van der Waals surface area contributed by atoms with Crippen LogP contribution in [0.4, 0.5) is 13.2 Å². The Bertz CT molecular complexity index is 559. The van der Waals surface area contributed by atoms with Gasteiger partial charge in [0.2, 0.25) is 0 Å². The number of nitrogens with zero attached hydrogens (tertiary/aromatic N) is 1. The lowest BCUT2D eigenvalue weighted by Crippen LogP contribution is -2.26. The lowest BCUT2D eigenvalue weighted by Gasteiger charge is -2.21. The molecule has 1 aliphatic rings. The van der Waals surface area contributed by atoms with Crippen molar-refractivity contribution in [2.45, 2.75) is 39.8 Å². The minimum atomic E-state index is -4.37. The van der Waals surface area contributed by atoms with Crippen molar-refractivity contribution in [3.8, 4) is 0 Å². The van der Waals surface area contributed by atoms with Crippen LogP contribution in [-0.4, -0.2) is 19.0 Å². The molecule has 122 valence electrons. The first kappa shape index (κ1) is 16.8. The summed E-state index contributed by atoms with van der Waals surface area (Å²) in [6.45, 7) is 6.56. The Hall–Kier alpha value is -1.56. The van der Waals surface area contributed by atoms with Crippen molar-refractivity contribution in [2.75, 3.05) is 13.3 Å². The molecule has 0 radical (unpaired) electrons. The van der Waals surface area contributed by atoms with E-state index in [1.807, 2.05) is 20.8 Å². The molecule has 1 aromatic rings. The van der Waals surface area contributed by atoms with E-state index in [0.717, 1.165) is 0 Å². The molecular formula is C16H21F3N2O. The van der Waals surface area contributed by atoms with Crippen LogP contribution in [-0.2, 0) is 17.3 Å². The molecular weight excluding hydrogens is 293 g/mol. The van der Waals surface area contributed by atoms with E-state index in [1.165, 1.54) is 6.07 Å². The Morgan fingerprint density at radius 1 is 1.23 bits per heavy atom. The number of benzene rings is 1. The molecule has 0 aromatic heterocycles. The summed E-state index contributed by atoms with van der Waals surface area (Å²) in [6.07, 6.45) is -3.27. The Kier molecular flexibility index (Phi) is 4.80. The van der Waals surface area contributed by atoms with Crippen molar-refractivity contribution < 1.29 is 17.9 Å². The van der Waals surface area contributed by atoms with Crippen LogP contribution in [0.2, 0.25) is 0 Å². The number of halogens is 3. The number of nitrogens with one attached hydrogen (secondary N) is 1. The van der Waals surface area contributed by atoms with Gasteiger partial charge >= 0.3 is 6.18 Å². The first-order valence-electron chi connectivity index (χ1n) is 7.24. The highest BCUT2D eigenvalue weighted by molar-refractivity contribution is 6.01.